The predicted molar refractivity (Wildman–Crippen MR) is 96.9 cm³/mol. The monoisotopic (exact) mass is 344 g/mol. The molecule has 0 radical (unpaired) electrons. The highest BCUT2D eigenvalue weighted by atomic mass is 16.5. The molecule has 1 heterocycles. The van der Waals surface area contributed by atoms with Gasteiger partial charge < -0.3 is 19.5 Å². The second-order valence-electron chi connectivity index (χ2n) is 5.22. The third-order valence-electron chi connectivity index (χ3n) is 3.30. The zero-order valence-electron chi connectivity index (χ0n) is 15.1. The molecule has 0 spiro atoms. The Hall–Kier alpha value is -2.76. The van der Waals surface area contributed by atoms with Crippen molar-refractivity contribution in [3.05, 3.63) is 41.6 Å². The van der Waals surface area contributed by atoms with Gasteiger partial charge in [-0.15, -0.1) is 0 Å². The summed E-state index contributed by atoms with van der Waals surface area (Å²) < 4.78 is 16.9. The first kappa shape index (κ1) is 18.6. The van der Waals surface area contributed by atoms with Crippen LogP contribution < -0.4 is 19.5 Å². The van der Waals surface area contributed by atoms with E-state index >= 15 is 0 Å². The average molecular weight is 344 g/mol. The van der Waals surface area contributed by atoms with Crippen LogP contribution in [0, 0.1) is 6.92 Å². The molecule has 0 aliphatic heterocycles. The van der Waals surface area contributed by atoms with Gasteiger partial charge in [-0.1, -0.05) is 6.07 Å². The lowest BCUT2D eigenvalue weighted by molar-refractivity contribution is 0.102. The third-order valence-corrected chi connectivity index (χ3v) is 3.30. The van der Waals surface area contributed by atoms with E-state index in [1.54, 1.807) is 18.2 Å². The molecule has 2 rings (SSSR count). The maximum atomic E-state index is 12.6. The van der Waals surface area contributed by atoms with E-state index in [1.165, 1.54) is 0 Å². The molecule has 6 heteroatoms. The molecular formula is C19H24N2O4. The summed E-state index contributed by atoms with van der Waals surface area (Å²) in [5.74, 6) is 1.68. The largest absolute Gasteiger partial charge is 0.490 e. The number of aryl methyl sites for hydroxylation is 1. The second kappa shape index (κ2) is 8.92. The van der Waals surface area contributed by atoms with Crippen LogP contribution in [0.5, 0.6) is 17.2 Å². The lowest BCUT2D eigenvalue weighted by Crippen LogP contribution is -2.14. The molecule has 0 aliphatic rings. The molecular weight excluding hydrogens is 320 g/mol. The molecule has 0 saturated carbocycles. The Balaban J connectivity index is 2.36. The number of ether oxygens (including phenoxy) is 3. The highest BCUT2D eigenvalue weighted by molar-refractivity contribution is 6.04. The van der Waals surface area contributed by atoms with E-state index in [9.17, 15) is 4.79 Å². The minimum atomic E-state index is -0.289. The van der Waals surface area contributed by atoms with Crippen molar-refractivity contribution in [2.75, 3.05) is 25.1 Å². The van der Waals surface area contributed by atoms with Crippen molar-refractivity contribution in [3.63, 3.8) is 0 Å². The maximum absolute atomic E-state index is 12.6. The quantitative estimate of drug-likeness (QED) is 0.788. The van der Waals surface area contributed by atoms with Crippen LogP contribution in [0.25, 0.3) is 0 Å². The van der Waals surface area contributed by atoms with Gasteiger partial charge in [0.1, 0.15) is 5.82 Å². The number of carbonyl (C=O) groups is 1. The van der Waals surface area contributed by atoms with Crippen molar-refractivity contribution in [2.45, 2.75) is 27.7 Å². The Kier molecular flexibility index (Phi) is 6.62. The molecule has 25 heavy (non-hydrogen) atoms. The number of nitrogens with zero attached hydrogens (tertiary/aromatic N) is 1. The fourth-order valence-corrected chi connectivity index (χ4v) is 2.32. The van der Waals surface area contributed by atoms with Crippen LogP contribution >= 0.6 is 0 Å². The van der Waals surface area contributed by atoms with Crippen molar-refractivity contribution in [1.82, 2.24) is 4.98 Å². The van der Waals surface area contributed by atoms with Crippen molar-refractivity contribution in [2.24, 2.45) is 0 Å². The van der Waals surface area contributed by atoms with Gasteiger partial charge in [0.15, 0.2) is 11.5 Å². The summed E-state index contributed by atoms with van der Waals surface area (Å²) in [4.78, 5) is 16.9. The van der Waals surface area contributed by atoms with E-state index in [2.05, 4.69) is 10.3 Å². The Morgan fingerprint density at radius 2 is 1.60 bits per heavy atom. The SMILES string of the molecule is CCOc1cc(C(=O)Nc2cccc(C)n2)cc(OCC)c1OCC. The van der Waals surface area contributed by atoms with Gasteiger partial charge in [-0.25, -0.2) is 4.98 Å². The van der Waals surface area contributed by atoms with Crippen LogP contribution in [0.15, 0.2) is 30.3 Å². The van der Waals surface area contributed by atoms with E-state index < -0.39 is 0 Å². The highest BCUT2D eigenvalue weighted by Gasteiger charge is 2.18. The molecule has 0 saturated heterocycles. The summed E-state index contributed by atoms with van der Waals surface area (Å²) in [5, 5.41) is 2.79. The van der Waals surface area contributed by atoms with Crippen molar-refractivity contribution >= 4 is 11.7 Å². The van der Waals surface area contributed by atoms with E-state index in [-0.39, 0.29) is 5.91 Å². The summed E-state index contributed by atoms with van der Waals surface area (Å²) in [5.41, 5.74) is 1.24. The molecule has 134 valence electrons. The van der Waals surface area contributed by atoms with E-state index in [0.29, 0.717) is 48.5 Å². The van der Waals surface area contributed by atoms with E-state index in [1.807, 2.05) is 39.8 Å². The van der Waals surface area contributed by atoms with Gasteiger partial charge in [0.2, 0.25) is 5.75 Å². The average Bonchev–Trinajstić information content (AvgIpc) is 2.58. The first-order chi connectivity index (χ1) is 12.1. The van der Waals surface area contributed by atoms with Gasteiger partial charge in [0, 0.05) is 11.3 Å². The van der Waals surface area contributed by atoms with E-state index in [4.69, 9.17) is 14.2 Å². The zero-order valence-corrected chi connectivity index (χ0v) is 15.1. The number of rotatable bonds is 8. The smallest absolute Gasteiger partial charge is 0.257 e. The summed E-state index contributed by atoms with van der Waals surface area (Å²) in [6, 6.07) is 8.76. The molecule has 1 aromatic heterocycles. The maximum Gasteiger partial charge on any atom is 0.257 e. The lowest BCUT2D eigenvalue weighted by Gasteiger charge is -2.17. The fraction of sp³-hybridized carbons (Fsp3) is 0.368. The topological polar surface area (TPSA) is 69.7 Å². The molecule has 1 N–H and O–H groups in total. The molecule has 0 unspecified atom stereocenters. The number of hydrogen-bond donors (Lipinski definition) is 1. The number of carbonyl (C=O) groups excluding carboxylic acids is 1. The summed E-state index contributed by atoms with van der Waals surface area (Å²) >= 11 is 0. The molecule has 2 aromatic rings. The summed E-state index contributed by atoms with van der Waals surface area (Å²) in [6.07, 6.45) is 0. The second-order valence-corrected chi connectivity index (χ2v) is 5.22. The Morgan fingerprint density at radius 1 is 1.00 bits per heavy atom. The molecule has 0 atom stereocenters. The Morgan fingerprint density at radius 3 is 2.12 bits per heavy atom. The normalized spacial score (nSPS) is 10.2. The molecule has 0 fully saturated rings. The number of amides is 1. The molecule has 0 bridgehead atoms. The van der Waals surface area contributed by atoms with Crippen LogP contribution in [0.1, 0.15) is 36.8 Å². The number of nitrogens with one attached hydrogen (secondary N) is 1. The zero-order chi connectivity index (χ0) is 18.2. The van der Waals surface area contributed by atoms with Gasteiger partial charge >= 0.3 is 0 Å². The van der Waals surface area contributed by atoms with Crippen molar-refractivity contribution in [1.29, 1.82) is 0 Å². The van der Waals surface area contributed by atoms with E-state index in [0.717, 1.165) is 5.69 Å². The lowest BCUT2D eigenvalue weighted by atomic mass is 10.1. The minimum Gasteiger partial charge on any atom is -0.490 e. The standard InChI is InChI=1S/C19H24N2O4/c1-5-23-15-11-14(12-16(24-6-2)18(15)25-7-3)19(22)21-17-10-8-9-13(4)20-17/h8-12H,5-7H2,1-4H3,(H,20,21,22). The van der Waals surface area contributed by atoms with Crippen LogP contribution in [0.3, 0.4) is 0 Å². The molecule has 1 aromatic carbocycles. The third kappa shape index (κ3) is 4.86. The van der Waals surface area contributed by atoms with Crippen molar-refractivity contribution < 1.29 is 19.0 Å². The minimum absolute atomic E-state index is 0.289. The first-order valence-electron chi connectivity index (χ1n) is 8.40. The van der Waals surface area contributed by atoms with Crippen LogP contribution in [-0.2, 0) is 0 Å². The number of benzene rings is 1. The highest BCUT2D eigenvalue weighted by Crippen LogP contribution is 2.39. The van der Waals surface area contributed by atoms with Crippen LogP contribution in [-0.4, -0.2) is 30.7 Å². The summed E-state index contributed by atoms with van der Waals surface area (Å²) in [7, 11) is 0. The number of pyridine rings is 1. The van der Waals surface area contributed by atoms with Gasteiger partial charge in [-0.2, -0.15) is 0 Å². The van der Waals surface area contributed by atoms with Gasteiger partial charge in [-0.05, 0) is 52.0 Å². The van der Waals surface area contributed by atoms with Gasteiger partial charge in [-0.3, -0.25) is 4.79 Å². The van der Waals surface area contributed by atoms with Crippen LogP contribution in [0.4, 0.5) is 5.82 Å². The first-order valence-corrected chi connectivity index (χ1v) is 8.40. The molecule has 1 amide bonds. The van der Waals surface area contributed by atoms with Crippen LogP contribution in [0.2, 0.25) is 0 Å². The molecule has 0 aliphatic carbocycles. The van der Waals surface area contributed by atoms with Crippen molar-refractivity contribution in [3.8, 4) is 17.2 Å². The predicted octanol–water partition coefficient (Wildman–Crippen LogP) is 3.84. The number of anilines is 1. The van der Waals surface area contributed by atoms with Gasteiger partial charge in [0.05, 0.1) is 19.8 Å². The number of hydrogen-bond acceptors (Lipinski definition) is 5. The number of aromatic nitrogens is 1. The Labute approximate surface area is 148 Å². The Bertz CT molecular complexity index is 704. The fourth-order valence-electron chi connectivity index (χ4n) is 2.32. The van der Waals surface area contributed by atoms with Gasteiger partial charge in [0.25, 0.3) is 5.91 Å². The summed E-state index contributed by atoms with van der Waals surface area (Å²) in [6.45, 7) is 8.88. The molecule has 6 nitrogen and oxygen atoms in total.